The van der Waals surface area contributed by atoms with Crippen molar-refractivity contribution in [2.75, 3.05) is 26.7 Å². The summed E-state index contributed by atoms with van der Waals surface area (Å²) in [5.41, 5.74) is 2.63. The minimum absolute atomic E-state index is 0.0437. The zero-order valence-electron chi connectivity index (χ0n) is 16.8. The molecule has 1 fully saturated rings. The third-order valence-electron chi connectivity index (χ3n) is 5.66. The minimum atomic E-state index is -0.0967. The summed E-state index contributed by atoms with van der Waals surface area (Å²) in [4.78, 5) is 27.7. The van der Waals surface area contributed by atoms with Crippen LogP contribution in [-0.2, 0) is 18.4 Å². The van der Waals surface area contributed by atoms with Crippen molar-refractivity contribution in [1.29, 1.82) is 0 Å². The fraction of sp³-hybridized carbons (Fsp3) is 0.364. The number of hydrogen-bond acceptors (Lipinski definition) is 4. The molecule has 29 heavy (non-hydrogen) atoms. The molecule has 1 aromatic heterocycles. The molecule has 2 aromatic carbocycles. The molecule has 7 nitrogen and oxygen atoms in total. The van der Waals surface area contributed by atoms with Crippen LogP contribution in [0.3, 0.4) is 0 Å². The second-order valence-electron chi connectivity index (χ2n) is 7.28. The number of ether oxygens (including phenoxy) is 1. The molecule has 2 heterocycles. The van der Waals surface area contributed by atoms with Gasteiger partial charge in [-0.2, -0.15) is 0 Å². The van der Waals surface area contributed by atoms with Gasteiger partial charge < -0.3 is 15.0 Å². The first-order valence-electron chi connectivity index (χ1n) is 9.89. The Kier molecular flexibility index (Phi) is 5.40. The van der Waals surface area contributed by atoms with Gasteiger partial charge in [-0.3, -0.25) is 13.9 Å². The lowest BCUT2D eigenvalue weighted by atomic mass is 10.0. The monoisotopic (exact) mass is 394 g/mol. The van der Waals surface area contributed by atoms with Crippen molar-refractivity contribution in [2.24, 2.45) is 7.05 Å². The maximum absolute atomic E-state index is 13.1. The van der Waals surface area contributed by atoms with Crippen molar-refractivity contribution in [3.8, 4) is 5.75 Å². The third-order valence-corrected chi connectivity index (χ3v) is 5.66. The van der Waals surface area contributed by atoms with Crippen molar-refractivity contribution < 1.29 is 9.53 Å². The molecular formula is C22H26N4O3. The summed E-state index contributed by atoms with van der Waals surface area (Å²) in [5.74, 6) is 0.825. The SMILES string of the molecule is COc1ccccc1C1CNCCN1C(=O)CCn1c(=O)n(C)c2ccccc21. The molecule has 1 N–H and O–H groups in total. The summed E-state index contributed by atoms with van der Waals surface area (Å²) in [6.45, 7) is 2.43. The van der Waals surface area contributed by atoms with Crippen LogP contribution in [0.25, 0.3) is 11.0 Å². The lowest BCUT2D eigenvalue weighted by Crippen LogP contribution is -2.49. The van der Waals surface area contributed by atoms with Crippen LogP contribution in [0.5, 0.6) is 5.75 Å². The van der Waals surface area contributed by atoms with E-state index in [-0.39, 0.29) is 24.1 Å². The van der Waals surface area contributed by atoms with Gasteiger partial charge in [0.05, 0.1) is 24.2 Å². The van der Waals surface area contributed by atoms with Crippen LogP contribution in [0.4, 0.5) is 0 Å². The number of fused-ring (bicyclic) bond motifs is 1. The van der Waals surface area contributed by atoms with Crippen LogP contribution in [0.15, 0.2) is 53.3 Å². The zero-order valence-corrected chi connectivity index (χ0v) is 16.8. The predicted octanol–water partition coefficient (Wildman–Crippen LogP) is 1.91. The number of nitrogens with one attached hydrogen (secondary N) is 1. The van der Waals surface area contributed by atoms with Crippen molar-refractivity contribution in [2.45, 2.75) is 19.0 Å². The number of nitrogens with zero attached hydrogens (tertiary/aromatic N) is 3. The highest BCUT2D eigenvalue weighted by Crippen LogP contribution is 2.30. The van der Waals surface area contributed by atoms with Gasteiger partial charge in [0, 0.05) is 45.2 Å². The van der Waals surface area contributed by atoms with Gasteiger partial charge in [0.2, 0.25) is 5.91 Å². The van der Waals surface area contributed by atoms with E-state index in [1.807, 2.05) is 53.4 Å². The van der Waals surface area contributed by atoms with E-state index in [0.29, 0.717) is 19.6 Å². The Balaban J connectivity index is 1.56. The van der Waals surface area contributed by atoms with Gasteiger partial charge >= 0.3 is 5.69 Å². The number of rotatable bonds is 5. The van der Waals surface area contributed by atoms with Gasteiger partial charge in [0.15, 0.2) is 0 Å². The number of imidazole rings is 1. The molecule has 1 aliphatic rings. The van der Waals surface area contributed by atoms with Crippen molar-refractivity contribution in [1.82, 2.24) is 19.4 Å². The van der Waals surface area contributed by atoms with E-state index in [1.165, 1.54) is 0 Å². The first kappa shape index (κ1) is 19.3. The molecule has 0 saturated carbocycles. The molecule has 0 bridgehead atoms. The molecule has 0 spiro atoms. The highest BCUT2D eigenvalue weighted by Gasteiger charge is 2.29. The quantitative estimate of drug-likeness (QED) is 0.718. The Hall–Kier alpha value is -3.06. The first-order valence-corrected chi connectivity index (χ1v) is 9.89. The lowest BCUT2D eigenvalue weighted by Gasteiger charge is -2.37. The van der Waals surface area contributed by atoms with Gasteiger partial charge in [-0.15, -0.1) is 0 Å². The molecule has 3 aromatic rings. The molecular weight excluding hydrogens is 368 g/mol. The molecule has 1 saturated heterocycles. The summed E-state index contributed by atoms with van der Waals surface area (Å²) in [6.07, 6.45) is 0.277. The number of benzene rings is 2. The fourth-order valence-corrected chi connectivity index (χ4v) is 4.15. The molecule has 152 valence electrons. The van der Waals surface area contributed by atoms with E-state index in [4.69, 9.17) is 4.74 Å². The second-order valence-corrected chi connectivity index (χ2v) is 7.28. The fourth-order valence-electron chi connectivity index (χ4n) is 4.15. The number of carbonyl (C=O) groups is 1. The van der Waals surface area contributed by atoms with Gasteiger partial charge in [-0.05, 0) is 18.2 Å². The van der Waals surface area contributed by atoms with E-state index < -0.39 is 0 Å². The molecule has 0 aliphatic carbocycles. The van der Waals surface area contributed by atoms with Gasteiger partial charge in [0.25, 0.3) is 0 Å². The molecule has 1 amide bonds. The van der Waals surface area contributed by atoms with Gasteiger partial charge in [-0.25, -0.2) is 4.79 Å². The standard InChI is InChI=1S/C22H26N4O3/c1-24-17-8-4-5-9-18(17)26(22(24)28)13-11-21(27)25-14-12-23-15-19(25)16-7-3-6-10-20(16)29-2/h3-10,19,23H,11-15H2,1-2H3. The summed E-state index contributed by atoms with van der Waals surface area (Å²) >= 11 is 0. The van der Waals surface area contributed by atoms with Crippen molar-refractivity contribution in [3.05, 3.63) is 64.6 Å². The number of para-hydroxylation sites is 3. The predicted molar refractivity (Wildman–Crippen MR) is 112 cm³/mol. The van der Waals surface area contributed by atoms with E-state index in [9.17, 15) is 9.59 Å². The minimum Gasteiger partial charge on any atom is -0.496 e. The Labute approximate surface area is 169 Å². The summed E-state index contributed by atoms with van der Waals surface area (Å²) < 4.78 is 8.82. The highest BCUT2D eigenvalue weighted by molar-refractivity contribution is 5.78. The highest BCUT2D eigenvalue weighted by atomic mass is 16.5. The van der Waals surface area contributed by atoms with Crippen LogP contribution in [-0.4, -0.2) is 46.7 Å². The average Bonchev–Trinajstić information content (AvgIpc) is 3.02. The van der Waals surface area contributed by atoms with E-state index in [0.717, 1.165) is 28.9 Å². The number of carbonyl (C=O) groups excluding carboxylic acids is 1. The van der Waals surface area contributed by atoms with E-state index >= 15 is 0 Å². The van der Waals surface area contributed by atoms with Crippen molar-refractivity contribution in [3.63, 3.8) is 0 Å². The van der Waals surface area contributed by atoms with E-state index in [1.54, 1.807) is 23.3 Å². The molecule has 1 unspecified atom stereocenters. The summed E-state index contributed by atoms with van der Waals surface area (Å²) in [5, 5.41) is 3.37. The second kappa shape index (κ2) is 8.13. The van der Waals surface area contributed by atoms with Crippen LogP contribution in [0.2, 0.25) is 0 Å². The van der Waals surface area contributed by atoms with E-state index in [2.05, 4.69) is 5.32 Å². The lowest BCUT2D eigenvalue weighted by molar-refractivity contribution is -0.134. The normalized spacial score (nSPS) is 16.9. The van der Waals surface area contributed by atoms with Crippen LogP contribution in [0.1, 0.15) is 18.0 Å². The smallest absolute Gasteiger partial charge is 0.328 e. The molecule has 4 rings (SSSR count). The summed E-state index contributed by atoms with van der Waals surface area (Å²) in [6, 6.07) is 15.4. The maximum atomic E-state index is 13.1. The third kappa shape index (κ3) is 3.53. The Morgan fingerprint density at radius 3 is 2.66 bits per heavy atom. The van der Waals surface area contributed by atoms with Crippen LogP contribution >= 0.6 is 0 Å². The maximum Gasteiger partial charge on any atom is 0.328 e. The van der Waals surface area contributed by atoms with Crippen molar-refractivity contribution >= 4 is 16.9 Å². The molecule has 1 aliphatic heterocycles. The van der Waals surface area contributed by atoms with Crippen LogP contribution in [0, 0.1) is 0 Å². The molecule has 0 radical (unpaired) electrons. The number of methoxy groups -OCH3 is 1. The Morgan fingerprint density at radius 1 is 1.14 bits per heavy atom. The largest absolute Gasteiger partial charge is 0.496 e. The number of hydrogen-bond donors (Lipinski definition) is 1. The van der Waals surface area contributed by atoms with Gasteiger partial charge in [0.1, 0.15) is 5.75 Å². The topological polar surface area (TPSA) is 68.5 Å². The zero-order chi connectivity index (χ0) is 20.4. The summed E-state index contributed by atoms with van der Waals surface area (Å²) in [7, 11) is 3.41. The number of aromatic nitrogens is 2. The first-order chi connectivity index (χ1) is 14.1. The molecule has 7 heteroatoms. The Morgan fingerprint density at radius 2 is 1.86 bits per heavy atom. The molecule has 1 atom stereocenters. The number of amides is 1. The average molecular weight is 394 g/mol. The van der Waals surface area contributed by atoms with Crippen LogP contribution < -0.4 is 15.7 Å². The van der Waals surface area contributed by atoms with Gasteiger partial charge in [-0.1, -0.05) is 30.3 Å². The number of piperazine rings is 1. The Bertz CT molecular complexity index is 1090. The number of aryl methyl sites for hydroxylation is 2.